The van der Waals surface area contributed by atoms with Gasteiger partial charge in [0.1, 0.15) is 5.75 Å². The Labute approximate surface area is 101 Å². The van der Waals surface area contributed by atoms with Crippen LogP contribution in [0.25, 0.3) is 0 Å². The maximum atomic E-state index is 12.5. The second-order valence-corrected chi connectivity index (χ2v) is 3.58. The van der Waals surface area contributed by atoms with Crippen molar-refractivity contribution in [3.8, 4) is 5.75 Å². The van der Waals surface area contributed by atoms with Crippen molar-refractivity contribution in [2.75, 3.05) is 13.7 Å². The first kappa shape index (κ1) is 14.3. The summed E-state index contributed by atoms with van der Waals surface area (Å²) < 4.78 is 42.2. The highest BCUT2D eigenvalue weighted by molar-refractivity contribution is 5.77. The van der Waals surface area contributed by atoms with Gasteiger partial charge in [0, 0.05) is 12.1 Å². The monoisotopic (exact) mass is 263 g/mol. The van der Waals surface area contributed by atoms with Crippen molar-refractivity contribution >= 4 is 5.97 Å². The molecule has 18 heavy (non-hydrogen) atoms. The van der Waals surface area contributed by atoms with E-state index in [4.69, 9.17) is 15.6 Å². The van der Waals surface area contributed by atoms with Crippen LogP contribution < -0.4 is 10.5 Å². The van der Waals surface area contributed by atoms with Crippen LogP contribution in [0.2, 0.25) is 0 Å². The van der Waals surface area contributed by atoms with Crippen molar-refractivity contribution in [3.63, 3.8) is 0 Å². The van der Waals surface area contributed by atoms with E-state index in [9.17, 15) is 18.0 Å². The highest BCUT2D eigenvalue weighted by Gasteiger charge is 2.32. The summed E-state index contributed by atoms with van der Waals surface area (Å²) in [4.78, 5) is 10.9. The predicted molar refractivity (Wildman–Crippen MR) is 57.4 cm³/mol. The number of nitrogens with two attached hydrogens (primary N) is 1. The predicted octanol–water partition coefficient (Wildman–Crippen LogP) is 1.84. The summed E-state index contributed by atoms with van der Waals surface area (Å²) >= 11 is 0. The van der Waals surface area contributed by atoms with Gasteiger partial charge in [0.25, 0.3) is 0 Å². The Balaban J connectivity index is 3.27. The molecule has 0 amide bonds. The molecule has 0 saturated carbocycles. The van der Waals surface area contributed by atoms with E-state index in [1.54, 1.807) is 0 Å². The number of methoxy groups -OCH3 is 1. The van der Waals surface area contributed by atoms with Gasteiger partial charge in [-0.15, -0.1) is 0 Å². The van der Waals surface area contributed by atoms with E-state index in [1.165, 1.54) is 7.11 Å². The summed E-state index contributed by atoms with van der Waals surface area (Å²) in [6.07, 6.45) is -4.51. The zero-order valence-electron chi connectivity index (χ0n) is 9.49. The molecule has 0 heterocycles. The minimum absolute atomic E-state index is 0.125. The van der Waals surface area contributed by atoms with Crippen LogP contribution in [0.5, 0.6) is 5.75 Å². The normalized spacial score (nSPS) is 13.2. The molecule has 0 aliphatic rings. The Hall–Kier alpha value is -1.76. The standard InChI is InChI=1S/C11H12F3NO3/c1-18-9-4-6(11(12,13)14)2-3-7(9)8(5-15)10(16)17/h2-4,8H,5,15H2,1H3,(H,16,17). The van der Waals surface area contributed by atoms with Gasteiger partial charge in [-0.2, -0.15) is 13.2 Å². The van der Waals surface area contributed by atoms with Gasteiger partial charge in [0.05, 0.1) is 18.6 Å². The van der Waals surface area contributed by atoms with Crippen molar-refractivity contribution in [1.29, 1.82) is 0 Å². The van der Waals surface area contributed by atoms with Gasteiger partial charge in [-0.05, 0) is 12.1 Å². The number of ether oxygens (including phenoxy) is 1. The van der Waals surface area contributed by atoms with Gasteiger partial charge in [-0.1, -0.05) is 6.07 Å². The third-order valence-electron chi connectivity index (χ3n) is 2.47. The molecule has 0 bridgehead atoms. The Morgan fingerprint density at radius 2 is 2.11 bits per heavy atom. The number of benzene rings is 1. The maximum absolute atomic E-state index is 12.5. The van der Waals surface area contributed by atoms with Crippen molar-refractivity contribution in [1.82, 2.24) is 0 Å². The van der Waals surface area contributed by atoms with Gasteiger partial charge in [-0.3, -0.25) is 4.79 Å². The summed E-state index contributed by atoms with van der Waals surface area (Å²) in [5, 5.41) is 8.92. The Morgan fingerprint density at radius 3 is 2.50 bits per heavy atom. The summed E-state index contributed by atoms with van der Waals surface area (Å²) in [6, 6.07) is 2.65. The Kier molecular flexibility index (Phi) is 4.18. The third-order valence-corrected chi connectivity index (χ3v) is 2.47. The van der Waals surface area contributed by atoms with Crippen LogP contribution in [0.15, 0.2) is 18.2 Å². The number of hydrogen-bond donors (Lipinski definition) is 2. The number of hydrogen-bond acceptors (Lipinski definition) is 3. The second kappa shape index (κ2) is 5.26. The molecule has 100 valence electrons. The van der Waals surface area contributed by atoms with E-state index in [0.29, 0.717) is 0 Å². The quantitative estimate of drug-likeness (QED) is 0.869. The minimum atomic E-state index is -4.51. The highest BCUT2D eigenvalue weighted by Crippen LogP contribution is 2.35. The molecule has 1 unspecified atom stereocenters. The van der Waals surface area contributed by atoms with Gasteiger partial charge in [0.2, 0.25) is 0 Å². The van der Waals surface area contributed by atoms with Crippen LogP contribution in [0.4, 0.5) is 13.2 Å². The molecule has 0 aliphatic heterocycles. The first-order valence-corrected chi connectivity index (χ1v) is 4.99. The molecule has 0 aromatic heterocycles. The number of halogens is 3. The lowest BCUT2D eigenvalue weighted by Gasteiger charge is -2.16. The lowest BCUT2D eigenvalue weighted by Crippen LogP contribution is -2.22. The molecule has 7 heteroatoms. The summed E-state index contributed by atoms with van der Waals surface area (Å²) in [5.74, 6) is -2.44. The van der Waals surface area contributed by atoms with Crippen LogP contribution in [-0.2, 0) is 11.0 Å². The lowest BCUT2D eigenvalue weighted by molar-refractivity contribution is -0.138. The fraction of sp³-hybridized carbons (Fsp3) is 0.364. The first-order valence-electron chi connectivity index (χ1n) is 4.99. The van der Waals surface area contributed by atoms with Crippen LogP contribution in [0.3, 0.4) is 0 Å². The number of aliphatic carboxylic acids is 1. The van der Waals surface area contributed by atoms with Crippen LogP contribution in [0.1, 0.15) is 17.0 Å². The van der Waals surface area contributed by atoms with Gasteiger partial charge in [-0.25, -0.2) is 0 Å². The molecule has 1 rings (SSSR count). The van der Waals surface area contributed by atoms with E-state index in [0.717, 1.165) is 18.2 Å². The average molecular weight is 263 g/mol. The molecular formula is C11H12F3NO3. The van der Waals surface area contributed by atoms with E-state index in [-0.39, 0.29) is 17.9 Å². The average Bonchev–Trinajstić information content (AvgIpc) is 2.28. The molecule has 1 aromatic carbocycles. The fourth-order valence-corrected chi connectivity index (χ4v) is 1.54. The van der Waals surface area contributed by atoms with Gasteiger partial charge in [0.15, 0.2) is 0 Å². The Bertz CT molecular complexity index is 446. The number of carbonyl (C=O) groups is 1. The topological polar surface area (TPSA) is 72.5 Å². The number of carboxylic acid groups (broad SMARTS) is 1. The second-order valence-electron chi connectivity index (χ2n) is 3.58. The summed E-state index contributed by atoms with van der Waals surface area (Å²) in [6.45, 7) is -0.225. The first-order chi connectivity index (χ1) is 8.31. The summed E-state index contributed by atoms with van der Waals surface area (Å²) in [5.41, 5.74) is 4.52. The van der Waals surface area contributed by atoms with E-state index >= 15 is 0 Å². The molecule has 0 saturated heterocycles. The Morgan fingerprint density at radius 1 is 1.50 bits per heavy atom. The zero-order valence-corrected chi connectivity index (χ0v) is 9.49. The molecular weight excluding hydrogens is 251 g/mol. The smallest absolute Gasteiger partial charge is 0.416 e. The largest absolute Gasteiger partial charge is 0.496 e. The van der Waals surface area contributed by atoms with E-state index < -0.39 is 23.6 Å². The zero-order chi connectivity index (χ0) is 13.9. The van der Waals surface area contributed by atoms with Crippen molar-refractivity contribution in [2.24, 2.45) is 5.73 Å². The molecule has 4 nitrogen and oxygen atoms in total. The highest BCUT2D eigenvalue weighted by atomic mass is 19.4. The summed E-state index contributed by atoms with van der Waals surface area (Å²) in [7, 11) is 1.18. The van der Waals surface area contributed by atoms with Crippen molar-refractivity contribution < 1.29 is 27.8 Å². The lowest BCUT2D eigenvalue weighted by atomic mass is 9.97. The molecule has 0 aliphatic carbocycles. The number of alkyl halides is 3. The molecule has 0 fully saturated rings. The molecule has 1 atom stereocenters. The van der Waals surface area contributed by atoms with Crippen LogP contribution in [0, 0.1) is 0 Å². The van der Waals surface area contributed by atoms with Crippen LogP contribution >= 0.6 is 0 Å². The fourth-order valence-electron chi connectivity index (χ4n) is 1.54. The maximum Gasteiger partial charge on any atom is 0.416 e. The van der Waals surface area contributed by atoms with Crippen LogP contribution in [-0.4, -0.2) is 24.7 Å². The minimum Gasteiger partial charge on any atom is -0.496 e. The molecule has 1 aromatic rings. The van der Waals surface area contributed by atoms with Crippen molar-refractivity contribution in [2.45, 2.75) is 12.1 Å². The van der Waals surface area contributed by atoms with E-state index in [2.05, 4.69) is 0 Å². The van der Waals surface area contributed by atoms with E-state index in [1.807, 2.05) is 0 Å². The molecule has 0 radical (unpaired) electrons. The van der Waals surface area contributed by atoms with Gasteiger partial charge < -0.3 is 15.6 Å². The number of carboxylic acids is 1. The molecule has 0 spiro atoms. The SMILES string of the molecule is COc1cc(C(F)(F)F)ccc1C(CN)C(=O)O. The number of rotatable bonds is 4. The van der Waals surface area contributed by atoms with Crippen molar-refractivity contribution in [3.05, 3.63) is 29.3 Å². The molecule has 3 N–H and O–H groups in total. The van der Waals surface area contributed by atoms with Gasteiger partial charge >= 0.3 is 12.1 Å². The third kappa shape index (κ3) is 2.92.